The summed E-state index contributed by atoms with van der Waals surface area (Å²) in [5.41, 5.74) is 2.07. The van der Waals surface area contributed by atoms with Gasteiger partial charge in [-0.15, -0.1) is 0 Å². The summed E-state index contributed by atoms with van der Waals surface area (Å²) in [4.78, 5) is 17.3. The lowest BCUT2D eigenvalue weighted by molar-refractivity contribution is 0.0890. The Kier molecular flexibility index (Phi) is 4.89. The van der Waals surface area contributed by atoms with Gasteiger partial charge in [0, 0.05) is 32.2 Å². The summed E-state index contributed by atoms with van der Waals surface area (Å²) >= 11 is 0. The molecule has 4 nitrogen and oxygen atoms in total. The molecule has 0 bridgehead atoms. The molecule has 2 fully saturated rings. The number of halogens is 1. The molecular formula is C21H24FN3O. The van der Waals surface area contributed by atoms with E-state index in [0.29, 0.717) is 12.6 Å². The Balaban J connectivity index is 1.45. The van der Waals surface area contributed by atoms with E-state index in [9.17, 15) is 9.18 Å². The number of piperazine rings is 1. The molecule has 1 heterocycles. The van der Waals surface area contributed by atoms with Crippen LogP contribution < -0.4 is 5.32 Å². The van der Waals surface area contributed by atoms with Crippen LogP contribution in [0.3, 0.4) is 0 Å². The van der Waals surface area contributed by atoms with Gasteiger partial charge in [-0.3, -0.25) is 4.90 Å². The van der Waals surface area contributed by atoms with Gasteiger partial charge >= 0.3 is 6.03 Å². The largest absolute Gasteiger partial charge is 0.334 e. The van der Waals surface area contributed by atoms with Crippen molar-refractivity contribution >= 4 is 6.03 Å². The summed E-state index contributed by atoms with van der Waals surface area (Å²) in [7, 11) is 0. The highest BCUT2D eigenvalue weighted by atomic mass is 19.1. The van der Waals surface area contributed by atoms with E-state index in [-0.39, 0.29) is 17.9 Å². The molecule has 136 valence electrons. The summed E-state index contributed by atoms with van der Waals surface area (Å²) in [6.45, 7) is 2.95. The normalized spacial score (nSPS) is 20.8. The van der Waals surface area contributed by atoms with Gasteiger partial charge in [-0.25, -0.2) is 9.18 Å². The predicted molar refractivity (Wildman–Crippen MR) is 99.1 cm³/mol. The third-order valence-electron chi connectivity index (χ3n) is 5.28. The Morgan fingerprint density at radius 2 is 1.77 bits per heavy atom. The van der Waals surface area contributed by atoms with Crippen LogP contribution in [0, 0.1) is 5.82 Å². The minimum Gasteiger partial charge on any atom is -0.334 e. The number of hydrogen-bond acceptors (Lipinski definition) is 2. The first kappa shape index (κ1) is 17.0. The van der Waals surface area contributed by atoms with Gasteiger partial charge in [-0.05, 0) is 36.1 Å². The molecule has 2 aliphatic rings. The van der Waals surface area contributed by atoms with E-state index in [0.717, 1.165) is 25.2 Å². The lowest BCUT2D eigenvalue weighted by Gasteiger charge is -2.41. The zero-order valence-electron chi connectivity index (χ0n) is 14.8. The number of rotatable bonds is 4. The van der Waals surface area contributed by atoms with Crippen LogP contribution in [0.15, 0.2) is 54.6 Å². The SMILES string of the molecule is O=C(NCc1ccc(F)cc1)N1CCN(C2CC2)CC1c1ccccc1. The molecule has 2 aromatic rings. The summed E-state index contributed by atoms with van der Waals surface area (Å²) in [6, 6.07) is 17.2. The first-order valence-electron chi connectivity index (χ1n) is 9.28. The van der Waals surface area contributed by atoms with E-state index in [1.807, 2.05) is 23.1 Å². The molecule has 1 unspecified atom stereocenters. The number of amides is 2. The van der Waals surface area contributed by atoms with Gasteiger partial charge in [0.1, 0.15) is 5.82 Å². The van der Waals surface area contributed by atoms with Crippen molar-refractivity contribution in [1.82, 2.24) is 15.1 Å². The Hall–Kier alpha value is -2.40. The molecular weight excluding hydrogens is 329 g/mol. The first-order valence-corrected chi connectivity index (χ1v) is 9.28. The van der Waals surface area contributed by atoms with E-state index < -0.39 is 0 Å². The zero-order valence-corrected chi connectivity index (χ0v) is 14.8. The smallest absolute Gasteiger partial charge is 0.318 e. The maximum absolute atomic E-state index is 13.0. The number of benzene rings is 2. The number of carbonyl (C=O) groups is 1. The maximum Gasteiger partial charge on any atom is 0.318 e. The second kappa shape index (κ2) is 7.46. The number of hydrogen-bond donors (Lipinski definition) is 1. The zero-order chi connectivity index (χ0) is 17.9. The van der Waals surface area contributed by atoms with Gasteiger partial charge in [0.25, 0.3) is 0 Å². The first-order chi connectivity index (χ1) is 12.7. The van der Waals surface area contributed by atoms with Crippen LogP contribution in [0.4, 0.5) is 9.18 Å². The fraction of sp³-hybridized carbons (Fsp3) is 0.381. The van der Waals surface area contributed by atoms with E-state index in [1.54, 1.807) is 12.1 Å². The average molecular weight is 353 g/mol. The van der Waals surface area contributed by atoms with Crippen molar-refractivity contribution in [2.75, 3.05) is 19.6 Å². The second-order valence-electron chi connectivity index (χ2n) is 7.13. The summed E-state index contributed by atoms with van der Waals surface area (Å²) < 4.78 is 13.0. The highest BCUT2D eigenvalue weighted by molar-refractivity contribution is 5.75. The van der Waals surface area contributed by atoms with Crippen LogP contribution in [0.1, 0.15) is 30.0 Å². The maximum atomic E-state index is 13.0. The molecule has 2 aromatic carbocycles. The van der Waals surface area contributed by atoms with Crippen LogP contribution in [-0.4, -0.2) is 41.5 Å². The van der Waals surface area contributed by atoms with E-state index in [1.165, 1.54) is 30.5 Å². The molecule has 1 saturated carbocycles. The summed E-state index contributed by atoms with van der Waals surface area (Å²) in [5, 5.41) is 2.99. The van der Waals surface area contributed by atoms with Crippen LogP contribution in [0.5, 0.6) is 0 Å². The van der Waals surface area contributed by atoms with Crippen molar-refractivity contribution in [3.63, 3.8) is 0 Å². The van der Waals surface area contributed by atoms with Gasteiger partial charge in [0.2, 0.25) is 0 Å². The molecule has 1 aliphatic heterocycles. The summed E-state index contributed by atoms with van der Waals surface area (Å²) in [5.74, 6) is -0.264. The fourth-order valence-electron chi connectivity index (χ4n) is 3.66. The van der Waals surface area contributed by atoms with Crippen molar-refractivity contribution < 1.29 is 9.18 Å². The standard InChI is InChI=1S/C21H24FN3O/c22-18-8-6-16(7-9-18)14-23-21(26)25-13-12-24(19-10-11-19)15-20(25)17-4-2-1-3-5-17/h1-9,19-20H,10-15H2,(H,23,26). The third kappa shape index (κ3) is 3.88. The van der Waals surface area contributed by atoms with Gasteiger partial charge in [-0.1, -0.05) is 42.5 Å². The topological polar surface area (TPSA) is 35.6 Å². The number of nitrogens with one attached hydrogen (secondary N) is 1. The van der Waals surface area contributed by atoms with Crippen LogP contribution >= 0.6 is 0 Å². The van der Waals surface area contributed by atoms with Crippen molar-refractivity contribution in [1.29, 1.82) is 0 Å². The Morgan fingerprint density at radius 1 is 1.04 bits per heavy atom. The highest BCUT2D eigenvalue weighted by Crippen LogP contribution is 2.33. The van der Waals surface area contributed by atoms with Crippen molar-refractivity contribution in [3.8, 4) is 0 Å². The van der Waals surface area contributed by atoms with E-state index in [4.69, 9.17) is 0 Å². The van der Waals surface area contributed by atoms with Gasteiger partial charge in [0.05, 0.1) is 6.04 Å². The molecule has 26 heavy (non-hydrogen) atoms. The van der Waals surface area contributed by atoms with Gasteiger partial charge < -0.3 is 10.2 Å². The predicted octanol–water partition coefficient (Wildman–Crippen LogP) is 3.56. The molecule has 0 radical (unpaired) electrons. The monoisotopic (exact) mass is 353 g/mol. The van der Waals surface area contributed by atoms with E-state index >= 15 is 0 Å². The molecule has 2 amide bonds. The third-order valence-corrected chi connectivity index (χ3v) is 5.28. The lowest BCUT2D eigenvalue weighted by atomic mass is 10.0. The van der Waals surface area contributed by atoms with Crippen molar-refractivity contribution in [2.24, 2.45) is 0 Å². The molecule has 4 rings (SSSR count). The number of urea groups is 1. The molecule has 1 saturated heterocycles. The minimum atomic E-state index is -0.264. The summed E-state index contributed by atoms with van der Waals surface area (Å²) in [6.07, 6.45) is 2.55. The quantitative estimate of drug-likeness (QED) is 0.912. The number of nitrogens with zero attached hydrogens (tertiary/aromatic N) is 2. The Morgan fingerprint density at radius 3 is 2.46 bits per heavy atom. The molecule has 1 N–H and O–H groups in total. The van der Waals surface area contributed by atoms with E-state index in [2.05, 4.69) is 22.3 Å². The second-order valence-corrected chi connectivity index (χ2v) is 7.13. The number of carbonyl (C=O) groups excluding carboxylic acids is 1. The molecule has 5 heteroatoms. The molecule has 1 atom stereocenters. The highest BCUT2D eigenvalue weighted by Gasteiger charge is 2.37. The Bertz CT molecular complexity index is 746. The fourth-order valence-corrected chi connectivity index (χ4v) is 3.66. The van der Waals surface area contributed by atoms with Crippen LogP contribution in [0.25, 0.3) is 0 Å². The van der Waals surface area contributed by atoms with Crippen LogP contribution in [-0.2, 0) is 6.54 Å². The van der Waals surface area contributed by atoms with Crippen molar-refractivity contribution in [2.45, 2.75) is 31.5 Å². The Labute approximate surface area is 153 Å². The average Bonchev–Trinajstić information content (AvgIpc) is 3.53. The lowest BCUT2D eigenvalue weighted by Crippen LogP contribution is -2.53. The van der Waals surface area contributed by atoms with Crippen LogP contribution in [0.2, 0.25) is 0 Å². The van der Waals surface area contributed by atoms with Gasteiger partial charge in [-0.2, -0.15) is 0 Å². The van der Waals surface area contributed by atoms with Gasteiger partial charge in [0.15, 0.2) is 0 Å². The van der Waals surface area contributed by atoms with Crippen molar-refractivity contribution in [3.05, 3.63) is 71.5 Å². The molecule has 0 aromatic heterocycles. The minimum absolute atomic E-state index is 0.0568. The molecule has 1 aliphatic carbocycles. The molecule has 0 spiro atoms.